The summed E-state index contributed by atoms with van der Waals surface area (Å²) in [4.78, 5) is 24.2. The fraction of sp³-hybridized carbons (Fsp3) is 0.176. The first-order valence-corrected chi connectivity index (χ1v) is 9.52. The molecule has 1 N–H and O–H groups in total. The van der Waals surface area contributed by atoms with Crippen LogP contribution in [0.2, 0.25) is 5.02 Å². The lowest BCUT2D eigenvalue weighted by atomic mass is 10.2. The third kappa shape index (κ3) is 5.04. The number of rotatable bonds is 5. The molecule has 2 aromatic carbocycles. The Bertz CT molecular complexity index is 894. The number of halogens is 1. The van der Waals surface area contributed by atoms with Crippen molar-refractivity contribution < 1.29 is 22.7 Å². The lowest BCUT2D eigenvalue weighted by Gasteiger charge is -2.14. The summed E-state index contributed by atoms with van der Waals surface area (Å²) in [6.07, 6.45) is -0.119. The zero-order chi connectivity index (χ0) is 18.6. The van der Waals surface area contributed by atoms with Gasteiger partial charge in [-0.25, -0.2) is 13.2 Å². The number of hydrogen-bond donors (Lipinski definition) is 1. The van der Waals surface area contributed by atoms with Gasteiger partial charge in [0.05, 0.1) is 10.5 Å². The molecule has 132 valence electrons. The van der Waals surface area contributed by atoms with E-state index in [4.69, 9.17) is 16.3 Å². The molecule has 0 radical (unpaired) electrons. The molecule has 0 aliphatic carbocycles. The van der Waals surface area contributed by atoms with Gasteiger partial charge in [0.25, 0.3) is 5.91 Å². The maximum atomic E-state index is 12.2. The largest absolute Gasteiger partial charge is 0.449 e. The number of hydrogen-bond acceptors (Lipinski definition) is 5. The maximum Gasteiger partial charge on any atom is 0.340 e. The Kier molecular flexibility index (Phi) is 5.81. The summed E-state index contributed by atoms with van der Waals surface area (Å²) in [5.74, 6) is -1.44. The molecule has 2 rings (SSSR count). The number of ether oxygens (including phenoxy) is 1. The van der Waals surface area contributed by atoms with Gasteiger partial charge >= 0.3 is 5.97 Å². The Labute approximate surface area is 150 Å². The van der Waals surface area contributed by atoms with E-state index in [9.17, 15) is 18.0 Å². The van der Waals surface area contributed by atoms with Crippen LogP contribution in [0.1, 0.15) is 17.3 Å². The van der Waals surface area contributed by atoms with E-state index in [1.54, 1.807) is 24.3 Å². The van der Waals surface area contributed by atoms with Crippen LogP contribution in [0.4, 0.5) is 5.69 Å². The van der Waals surface area contributed by atoms with E-state index in [-0.39, 0.29) is 10.5 Å². The van der Waals surface area contributed by atoms with Crippen LogP contribution >= 0.6 is 11.6 Å². The third-order valence-electron chi connectivity index (χ3n) is 3.27. The Balaban J connectivity index is 2.10. The van der Waals surface area contributed by atoms with Crippen LogP contribution < -0.4 is 5.32 Å². The predicted molar refractivity (Wildman–Crippen MR) is 94.5 cm³/mol. The Morgan fingerprint density at radius 1 is 1.08 bits per heavy atom. The lowest BCUT2D eigenvalue weighted by Crippen LogP contribution is -2.30. The molecule has 1 amide bonds. The molecule has 0 aliphatic rings. The molecule has 1 atom stereocenters. The fourth-order valence-corrected chi connectivity index (χ4v) is 3.02. The van der Waals surface area contributed by atoms with Gasteiger partial charge in [-0.1, -0.05) is 23.7 Å². The monoisotopic (exact) mass is 381 g/mol. The summed E-state index contributed by atoms with van der Waals surface area (Å²) in [6.45, 7) is 1.40. The molecule has 0 saturated heterocycles. The summed E-state index contributed by atoms with van der Waals surface area (Å²) in [5, 5.41) is 3.10. The first-order chi connectivity index (χ1) is 11.7. The van der Waals surface area contributed by atoms with Crippen LogP contribution in [-0.2, 0) is 19.4 Å². The SMILES string of the molecule is C[C@@H](OC(=O)c1ccccc1S(C)(=O)=O)C(=O)Nc1ccc(Cl)cc1. The zero-order valence-corrected chi connectivity index (χ0v) is 15.1. The van der Waals surface area contributed by atoms with Crippen molar-refractivity contribution in [1.82, 2.24) is 0 Å². The number of anilines is 1. The van der Waals surface area contributed by atoms with E-state index >= 15 is 0 Å². The molecule has 8 heteroatoms. The molecule has 2 aromatic rings. The lowest BCUT2D eigenvalue weighted by molar-refractivity contribution is -0.123. The zero-order valence-electron chi connectivity index (χ0n) is 13.5. The van der Waals surface area contributed by atoms with Crippen molar-refractivity contribution in [3.8, 4) is 0 Å². The van der Waals surface area contributed by atoms with Crippen LogP contribution in [0.5, 0.6) is 0 Å². The van der Waals surface area contributed by atoms with Crippen LogP contribution in [-0.4, -0.2) is 32.7 Å². The highest BCUT2D eigenvalue weighted by atomic mass is 35.5. The number of carbonyl (C=O) groups is 2. The second kappa shape index (κ2) is 7.67. The number of nitrogens with one attached hydrogen (secondary N) is 1. The third-order valence-corrected chi connectivity index (χ3v) is 4.68. The topological polar surface area (TPSA) is 89.5 Å². The Morgan fingerprint density at radius 2 is 1.68 bits per heavy atom. The molecule has 0 aliphatic heterocycles. The number of benzene rings is 2. The fourth-order valence-electron chi connectivity index (χ4n) is 2.01. The van der Waals surface area contributed by atoms with Crippen LogP contribution in [0.15, 0.2) is 53.4 Å². The smallest absolute Gasteiger partial charge is 0.340 e. The van der Waals surface area contributed by atoms with Crippen molar-refractivity contribution in [3.63, 3.8) is 0 Å². The van der Waals surface area contributed by atoms with Crippen molar-refractivity contribution in [3.05, 3.63) is 59.1 Å². The van der Waals surface area contributed by atoms with Crippen molar-refractivity contribution >= 4 is 39.0 Å². The summed E-state index contributed by atoms with van der Waals surface area (Å²) >= 11 is 5.77. The Hall–Kier alpha value is -2.38. The van der Waals surface area contributed by atoms with Gasteiger partial charge in [0.1, 0.15) is 0 Å². The molecule has 0 unspecified atom stereocenters. The average molecular weight is 382 g/mol. The van der Waals surface area contributed by atoms with Gasteiger partial charge in [0, 0.05) is 17.0 Å². The molecular formula is C17H16ClNO5S. The Morgan fingerprint density at radius 3 is 2.28 bits per heavy atom. The normalized spacial score (nSPS) is 12.3. The molecule has 0 fully saturated rings. The van der Waals surface area contributed by atoms with Crippen LogP contribution in [0.25, 0.3) is 0 Å². The van der Waals surface area contributed by atoms with Gasteiger partial charge in [-0.05, 0) is 43.3 Å². The molecule has 0 spiro atoms. The summed E-state index contributed by atoms with van der Waals surface area (Å²) < 4.78 is 28.6. The van der Waals surface area contributed by atoms with Gasteiger partial charge in [-0.15, -0.1) is 0 Å². The van der Waals surface area contributed by atoms with Gasteiger partial charge in [-0.2, -0.15) is 0 Å². The van der Waals surface area contributed by atoms with Gasteiger partial charge < -0.3 is 10.1 Å². The van der Waals surface area contributed by atoms with E-state index in [0.29, 0.717) is 10.7 Å². The second-order valence-corrected chi connectivity index (χ2v) is 7.73. The van der Waals surface area contributed by atoms with E-state index in [1.165, 1.54) is 31.2 Å². The van der Waals surface area contributed by atoms with Gasteiger partial charge in [0.15, 0.2) is 15.9 Å². The van der Waals surface area contributed by atoms with E-state index in [1.807, 2.05) is 0 Å². The first kappa shape index (κ1) is 19.0. The minimum Gasteiger partial charge on any atom is -0.449 e. The molecule has 25 heavy (non-hydrogen) atoms. The quantitative estimate of drug-likeness (QED) is 0.804. The highest BCUT2D eigenvalue weighted by Gasteiger charge is 2.23. The average Bonchev–Trinajstić information content (AvgIpc) is 2.56. The van der Waals surface area contributed by atoms with E-state index < -0.39 is 27.8 Å². The molecule has 0 saturated carbocycles. The number of esters is 1. The minimum atomic E-state index is -3.60. The molecule has 0 aromatic heterocycles. The number of amides is 1. The number of carbonyl (C=O) groups excluding carboxylic acids is 2. The van der Waals surface area contributed by atoms with Gasteiger partial charge in [-0.3, -0.25) is 4.79 Å². The van der Waals surface area contributed by atoms with Crippen molar-refractivity contribution in [2.24, 2.45) is 0 Å². The molecule has 0 heterocycles. The first-order valence-electron chi connectivity index (χ1n) is 7.25. The minimum absolute atomic E-state index is 0.115. The van der Waals surface area contributed by atoms with Gasteiger partial charge in [0.2, 0.25) is 0 Å². The second-order valence-electron chi connectivity index (χ2n) is 5.31. The molecule has 6 nitrogen and oxygen atoms in total. The highest BCUT2D eigenvalue weighted by Crippen LogP contribution is 2.18. The predicted octanol–water partition coefficient (Wildman–Crippen LogP) is 2.93. The summed E-state index contributed by atoms with van der Waals surface area (Å²) in [5.41, 5.74) is 0.380. The van der Waals surface area contributed by atoms with E-state index in [2.05, 4.69) is 5.32 Å². The number of sulfone groups is 1. The van der Waals surface area contributed by atoms with Crippen molar-refractivity contribution in [1.29, 1.82) is 0 Å². The maximum absolute atomic E-state index is 12.2. The summed E-state index contributed by atoms with van der Waals surface area (Å²) in [7, 11) is -3.60. The molecular weight excluding hydrogens is 366 g/mol. The highest BCUT2D eigenvalue weighted by molar-refractivity contribution is 7.90. The standard InChI is InChI=1S/C17H16ClNO5S/c1-11(16(20)19-13-9-7-12(18)8-10-13)24-17(21)14-5-3-4-6-15(14)25(2,22)23/h3-11H,1-2H3,(H,19,20)/t11-/m1/s1. The van der Waals surface area contributed by atoms with Crippen molar-refractivity contribution in [2.45, 2.75) is 17.9 Å². The van der Waals surface area contributed by atoms with E-state index in [0.717, 1.165) is 6.26 Å². The van der Waals surface area contributed by atoms with Crippen molar-refractivity contribution in [2.75, 3.05) is 11.6 Å². The molecule has 0 bridgehead atoms. The summed E-state index contributed by atoms with van der Waals surface area (Å²) in [6, 6.07) is 12.1. The van der Waals surface area contributed by atoms with Crippen LogP contribution in [0.3, 0.4) is 0 Å². The van der Waals surface area contributed by atoms with Crippen LogP contribution in [0, 0.1) is 0 Å².